The molecule has 11 heteroatoms. The number of aromatic nitrogens is 2. The zero-order valence-corrected chi connectivity index (χ0v) is 17.4. The Bertz CT molecular complexity index is 1320. The van der Waals surface area contributed by atoms with E-state index < -0.39 is 41.5 Å². The van der Waals surface area contributed by atoms with Crippen molar-refractivity contribution in [2.45, 2.75) is 0 Å². The monoisotopic (exact) mass is 474 g/mol. The Morgan fingerprint density at radius 3 is 2.48 bits per heavy atom. The number of carbonyl (C=O) groups excluding carboxylic acids is 2. The van der Waals surface area contributed by atoms with Crippen molar-refractivity contribution in [2.24, 2.45) is 0 Å². The van der Waals surface area contributed by atoms with E-state index in [9.17, 15) is 22.8 Å². The first-order valence-corrected chi connectivity index (χ1v) is 9.82. The third-order valence-corrected chi connectivity index (χ3v) is 4.76. The predicted octanol–water partition coefficient (Wildman–Crippen LogP) is 4.57. The highest BCUT2D eigenvalue weighted by Gasteiger charge is 2.20. The maximum atomic E-state index is 13.7. The van der Waals surface area contributed by atoms with Crippen LogP contribution in [0.3, 0.4) is 0 Å². The molecule has 0 aliphatic rings. The van der Waals surface area contributed by atoms with Gasteiger partial charge in [-0.25, -0.2) is 17.9 Å². The molecule has 4 aromatic rings. The lowest BCUT2D eigenvalue weighted by Gasteiger charge is -2.08. The summed E-state index contributed by atoms with van der Waals surface area (Å²) in [5.74, 6) is -5.74. The van der Waals surface area contributed by atoms with Crippen LogP contribution in [0.1, 0.15) is 10.5 Å². The van der Waals surface area contributed by atoms with Crippen LogP contribution in [-0.2, 0) is 4.79 Å². The van der Waals surface area contributed by atoms with Gasteiger partial charge in [0.1, 0.15) is 5.69 Å². The zero-order valence-electron chi connectivity index (χ0n) is 16.6. The lowest BCUT2D eigenvalue weighted by atomic mass is 10.2. The van der Waals surface area contributed by atoms with Gasteiger partial charge in [0.2, 0.25) is 5.91 Å². The van der Waals surface area contributed by atoms with Gasteiger partial charge in [-0.05, 0) is 48.5 Å². The minimum absolute atomic E-state index is 0.0249. The van der Waals surface area contributed by atoms with Crippen LogP contribution in [0, 0.1) is 17.5 Å². The Morgan fingerprint density at radius 2 is 1.79 bits per heavy atom. The number of nitrogens with one attached hydrogen (secondary N) is 2. The Morgan fingerprint density at radius 1 is 1.03 bits per heavy atom. The molecule has 0 atom stereocenters. The number of halogens is 4. The molecule has 0 fully saturated rings. The summed E-state index contributed by atoms with van der Waals surface area (Å²) in [4.78, 5) is 24.6. The van der Waals surface area contributed by atoms with Gasteiger partial charge in [0.15, 0.2) is 28.9 Å². The topological polar surface area (TPSA) is 89.2 Å². The largest absolute Gasteiger partial charge is 0.463 e. The smallest absolute Gasteiger partial charge is 0.272 e. The van der Waals surface area contributed by atoms with Crippen molar-refractivity contribution in [1.82, 2.24) is 15.1 Å². The van der Waals surface area contributed by atoms with Crippen LogP contribution in [0.4, 0.5) is 18.9 Å². The Hall–Kier alpha value is -4.05. The summed E-state index contributed by atoms with van der Waals surface area (Å²) in [6.07, 6.45) is 1.47. The van der Waals surface area contributed by atoms with Crippen LogP contribution in [-0.4, -0.2) is 28.1 Å². The molecule has 7 nitrogen and oxygen atoms in total. The molecule has 0 saturated carbocycles. The average molecular weight is 475 g/mol. The minimum Gasteiger partial charge on any atom is -0.463 e. The maximum absolute atomic E-state index is 13.7. The van der Waals surface area contributed by atoms with Gasteiger partial charge < -0.3 is 15.1 Å². The van der Waals surface area contributed by atoms with Gasteiger partial charge in [-0.2, -0.15) is 5.10 Å². The summed E-state index contributed by atoms with van der Waals surface area (Å²) in [5.41, 5.74) is 0.501. The van der Waals surface area contributed by atoms with E-state index in [2.05, 4.69) is 15.7 Å². The molecule has 33 heavy (non-hydrogen) atoms. The van der Waals surface area contributed by atoms with Crippen molar-refractivity contribution in [3.63, 3.8) is 0 Å². The predicted molar refractivity (Wildman–Crippen MR) is 114 cm³/mol. The van der Waals surface area contributed by atoms with Crippen LogP contribution in [0.25, 0.3) is 17.1 Å². The first-order chi connectivity index (χ1) is 15.8. The van der Waals surface area contributed by atoms with Crippen molar-refractivity contribution in [2.75, 3.05) is 11.9 Å². The third-order valence-electron chi connectivity index (χ3n) is 4.51. The molecule has 0 saturated heterocycles. The summed E-state index contributed by atoms with van der Waals surface area (Å²) in [5, 5.41) is 9.21. The summed E-state index contributed by atoms with van der Waals surface area (Å²) in [7, 11) is 0. The van der Waals surface area contributed by atoms with Crippen molar-refractivity contribution in [1.29, 1.82) is 0 Å². The molecule has 0 aliphatic heterocycles. The van der Waals surface area contributed by atoms with E-state index in [1.54, 1.807) is 36.4 Å². The normalized spacial score (nSPS) is 10.8. The second-order valence-corrected chi connectivity index (χ2v) is 7.17. The number of anilines is 1. The highest BCUT2D eigenvalue weighted by molar-refractivity contribution is 6.30. The molecule has 2 aromatic heterocycles. The number of nitrogens with zero attached hydrogens (tertiary/aromatic N) is 2. The highest BCUT2D eigenvalue weighted by Crippen LogP contribution is 2.25. The number of furan rings is 1. The zero-order chi connectivity index (χ0) is 23.5. The lowest BCUT2D eigenvalue weighted by Crippen LogP contribution is -2.33. The molecule has 2 aromatic carbocycles. The number of hydrogen-bond donors (Lipinski definition) is 2. The van der Waals surface area contributed by atoms with Gasteiger partial charge in [0, 0.05) is 11.1 Å². The summed E-state index contributed by atoms with van der Waals surface area (Å²) < 4.78 is 46.9. The van der Waals surface area contributed by atoms with Crippen molar-refractivity contribution in [3.05, 3.63) is 89.0 Å². The van der Waals surface area contributed by atoms with Crippen LogP contribution in [0.15, 0.2) is 65.3 Å². The summed E-state index contributed by atoms with van der Waals surface area (Å²) >= 11 is 5.94. The van der Waals surface area contributed by atoms with Gasteiger partial charge in [0.05, 0.1) is 24.2 Å². The molecule has 2 heterocycles. The van der Waals surface area contributed by atoms with E-state index in [-0.39, 0.29) is 5.69 Å². The third kappa shape index (κ3) is 4.75. The molecule has 0 spiro atoms. The van der Waals surface area contributed by atoms with Crippen molar-refractivity contribution < 1.29 is 27.2 Å². The van der Waals surface area contributed by atoms with E-state index in [0.717, 1.165) is 6.07 Å². The fourth-order valence-corrected chi connectivity index (χ4v) is 3.06. The van der Waals surface area contributed by atoms with Crippen LogP contribution in [0.2, 0.25) is 5.02 Å². The average Bonchev–Trinajstić information content (AvgIpc) is 3.48. The standard InChI is InChI=1S/C22H14ClF3N4O3/c23-12-3-5-13(6-4-12)30-17(18-2-1-9-33-18)10-16(29-30)22(32)27-11-19(31)28-15-8-7-14(24)20(25)21(15)26/h1-10H,11H2,(H,27,32)(H,28,31). The van der Waals surface area contributed by atoms with Crippen molar-refractivity contribution >= 4 is 29.1 Å². The van der Waals surface area contributed by atoms with E-state index in [1.165, 1.54) is 17.0 Å². The first-order valence-electron chi connectivity index (χ1n) is 9.45. The molecule has 0 aliphatic carbocycles. The van der Waals surface area contributed by atoms with Gasteiger partial charge >= 0.3 is 0 Å². The number of hydrogen-bond acceptors (Lipinski definition) is 4. The number of rotatable bonds is 6. The van der Waals surface area contributed by atoms with Crippen molar-refractivity contribution in [3.8, 4) is 17.1 Å². The second-order valence-electron chi connectivity index (χ2n) is 6.73. The van der Waals surface area contributed by atoms with Crippen LogP contribution >= 0.6 is 11.6 Å². The highest BCUT2D eigenvalue weighted by atomic mass is 35.5. The van der Waals surface area contributed by atoms with Gasteiger partial charge in [0.25, 0.3) is 5.91 Å². The molecule has 2 N–H and O–H groups in total. The quantitative estimate of drug-likeness (QED) is 0.401. The van der Waals surface area contributed by atoms with E-state index >= 15 is 0 Å². The Labute approximate surface area is 189 Å². The number of carbonyl (C=O) groups is 2. The van der Waals surface area contributed by atoms with Crippen LogP contribution < -0.4 is 10.6 Å². The molecule has 4 rings (SSSR count). The second kappa shape index (κ2) is 9.21. The maximum Gasteiger partial charge on any atom is 0.272 e. The molecular weight excluding hydrogens is 461 g/mol. The van der Waals surface area contributed by atoms with Gasteiger partial charge in [-0.15, -0.1) is 0 Å². The fraction of sp³-hybridized carbons (Fsp3) is 0.0455. The summed E-state index contributed by atoms with van der Waals surface area (Å²) in [6, 6.07) is 13.1. The van der Waals surface area contributed by atoms with Gasteiger partial charge in [-0.3, -0.25) is 9.59 Å². The SMILES string of the molecule is O=C(CNC(=O)c1cc(-c2ccco2)n(-c2ccc(Cl)cc2)n1)Nc1ccc(F)c(F)c1F. The van der Waals surface area contributed by atoms with Crippen LogP contribution in [0.5, 0.6) is 0 Å². The fourth-order valence-electron chi connectivity index (χ4n) is 2.94. The van der Waals surface area contributed by atoms with E-state index in [0.29, 0.717) is 28.2 Å². The van der Waals surface area contributed by atoms with E-state index in [1.807, 2.05) is 0 Å². The molecule has 2 amide bonds. The molecule has 0 radical (unpaired) electrons. The Balaban J connectivity index is 1.50. The lowest BCUT2D eigenvalue weighted by molar-refractivity contribution is -0.115. The molecule has 168 valence electrons. The Kier molecular flexibility index (Phi) is 6.18. The first kappa shape index (κ1) is 22.2. The molecule has 0 bridgehead atoms. The molecule has 0 unspecified atom stereocenters. The number of amides is 2. The molecular formula is C22H14ClF3N4O3. The number of benzene rings is 2. The van der Waals surface area contributed by atoms with E-state index in [4.69, 9.17) is 16.0 Å². The van der Waals surface area contributed by atoms with Gasteiger partial charge in [-0.1, -0.05) is 11.6 Å². The summed E-state index contributed by atoms with van der Waals surface area (Å²) in [6.45, 7) is -0.568. The minimum atomic E-state index is -1.71.